The summed E-state index contributed by atoms with van der Waals surface area (Å²) in [4.78, 5) is 8.92. The number of rotatable bonds is 2. The summed E-state index contributed by atoms with van der Waals surface area (Å²) in [6.45, 7) is 4.81. The summed E-state index contributed by atoms with van der Waals surface area (Å²) in [6.07, 6.45) is 9.61. The molecular formula is C19H27ClN6O. The van der Waals surface area contributed by atoms with Crippen molar-refractivity contribution in [1.82, 2.24) is 19.7 Å². The highest BCUT2D eigenvalue weighted by Crippen LogP contribution is 2.36. The van der Waals surface area contributed by atoms with Crippen molar-refractivity contribution < 1.29 is 4.74 Å². The van der Waals surface area contributed by atoms with Crippen molar-refractivity contribution in [3.63, 3.8) is 0 Å². The molecule has 1 atom stereocenters. The monoisotopic (exact) mass is 390 g/mol. The second-order valence-corrected chi connectivity index (χ2v) is 7.81. The molecule has 1 saturated carbocycles. The van der Waals surface area contributed by atoms with Gasteiger partial charge in [0, 0.05) is 12.5 Å². The Labute approximate surface area is 164 Å². The molecule has 2 aromatic rings. The van der Waals surface area contributed by atoms with E-state index in [4.69, 9.17) is 21.4 Å². The smallest absolute Gasteiger partial charge is 0.257 e. The molecule has 0 spiro atoms. The van der Waals surface area contributed by atoms with Crippen LogP contribution in [0.2, 0.25) is 5.02 Å². The molecule has 0 saturated heterocycles. The van der Waals surface area contributed by atoms with Crippen LogP contribution in [0.5, 0.6) is 5.88 Å². The number of anilines is 3. The van der Waals surface area contributed by atoms with Crippen molar-refractivity contribution in [3.05, 3.63) is 16.9 Å². The van der Waals surface area contributed by atoms with Crippen LogP contribution >= 0.6 is 11.6 Å². The van der Waals surface area contributed by atoms with Gasteiger partial charge >= 0.3 is 0 Å². The van der Waals surface area contributed by atoms with Gasteiger partial charge in [0.1, 0.15) is 10.7 Å². The lowest BCUT2D eigenvalue weighted by Crippen LogP contribution is -2.22. The molecule has 0 amide bonds. The fourth-order valence-corrected chi connectivity index (χ4v) is 4.07. The molecular weight excluding hydrogens is 364 g/mol. The topological polar surface area (TPSA) is 76.9 Å². The van der Waals surface area contributed by atoms with Gasteiger partial charge < -0.3 is 15.4 Å². The van der Waals surface area contributed by atoms with Crippen molar-refractivity contribution in [1.29, 1.82) is 0 Å². The fourth-order valence-electron chi connectivity index (χ4n) is 3.93. The van der Waals surface area contributed by atoms with E-state index in [0.717, 1.165) is 24.2 Å². The predicted octanol–water partition coefficient (Wildman–Crippen LogP) is 4.86. The third kappa shape index (κ3) is 3.83. The van der Waals surface area contributed by atoms with Crippen molar-refractivity contribution >= 4 is 29.1 Å². The summed E-state index contributed by atoms with van der Waals surface area (Å²) in [5.41, 5.74) is 1.92. The average Bonchev–Trinajstić information content (AvgIpc) is 2.98. The summed E-state index contributed by atoms with van der Waals surface area (Å²) in [5, 5.41) is 12.1. The van der Waals surface area contributed by atoms with Crippen LogP contribution in [0.1, 0.15) is 63.6 Å². The number of aromatic nitrogens is 4. The predicted molar refractivity (Wildman–Crippen MR) is 107 cm³/mol. The minimum absolute atomic E-state index is 0.230. The van der Waals surface area contributed by atoms with Crippen LogP contribution in [0, 0.1) is 6.92 Å². The first-order valence-corrected chi connectivity index (χ1v) is 10.3. The molecule has 146 valence electrons. The molecule has 2 aromatic heterocycles. The summed E-state index contributed by atoms with van der Waals surface area (Å²) in [6, 6.07) is 0.671. The molecule has 2 N–H and O–H groups in total. The van der Waals surface area contributed by atoms with Crippen LogP contribution in [0.15, 0.2) is 6.20 Å². The van der Waals surface area contributed by atoms with Crippen LogP contribution in [0.3, 0.4) is 0 Å². The number of nitrogens with one attached hydrogen (secondary N) is 2. The van der Waals surface area contributed by atoms with E-state index in [9.17, 15) is 0 Å². The molecule has 3 heterocycles. The number of halogens is 1. The van der Waals surface area contributed by atoms with E-state index < -0.39 is 0 Å². The number of hydrogen-bond donors (Lipinski definition) is 2. The van der Waals surface area contributed by atoms with E-state index in [2.05, 4.69) is 39.1 Å². The molecule has 7 nitrogen and oxygen atoms in total. The van der Waals surface area contributed by atoms with Crippen molar-refractivity contribution in [2.24, 2.45) is 0 Å². The first-order chi connectivity index (χ1) is 13.2. The molecule has 8 heteroatoms. The van der Waals surface area contributed by atoms with Crippen LogP contribution in [0.25, 0.3) is 0 Å². The first-order valence-electron chi connectivity index (χ1n) is 9.93. The van der Waals surface area contributed by atoms with Crippen LogP contribution < -0.4 is 15.4 Å². The SMILES string of the molecule is CCC1CCOc2nn(C3CCCCC3)c(C)c2Nc2ncc(Cl)c(n2)N1. The van der Waals surface area contributed by atoms with Gasteiger partial charge in [-0.25, -0.2) is 4.98 Å². The molecule has 2 bridgehead atoms. The largest absolute Gasteiger partial charge is 0.475 e. The lowest BCUT2D eigenvalue weighted by Gasteiger charge is -2.23. The third-order valence-electron chi connectivity index (χ3n) is 5.56. The van der Waals surface area contributed by atoms with Crippen molar-refractivity contribution in [3.8, 4) is 5.88 Å². The Kier molecular flexibility index (Phi) is 5.38. The van der Waals surface area contributed by atoms with Gasteiger partial charge in [-0.2, -0.15) is 4.98 Å². The van der Waals surface area contributed by atoms with E-state index in [1.807, 2.05) is 0 Å². The average molecular weight is 391 g/mol. The third-order valence-corrected chi connectivity index (χ3v) is 5.83. The Bertz CT molecular complexity index is 802. The molecule has 0 aromatic carbocycles. The van der Waals surface area contributed by atoms with Crippen LogP contribution in [-0.4, -0.2) is 32.4 Å². The molecule has 4 rings (SSSR count). The van der Waals surface area contributed by atoms with E-state index in [1.165, 1.54) is 32.1 Å². The number of ether oxygens (including phenoxy) is 1. The molecule has 1 fully saturated rings. The van der Waals surface area contributed by atoms with E-state index in [1.54, 1.807) is 6.20 Å². The van der Waals surface area contributed by atoms with E-state index in [0.29, 0.717) is 35.3 Å². The van der Waals surface area contributed by atoms with E-state index >= 15 is 0 Å². The van der Waals surface area contributed by atoms with Gasteiger partial charge in [-0.1, -0.05) is 37.8 Å². The standard InChI is InChI=1S/C19H27ClN6O/c1-3-13-9-10-27-18-16(23-19-21-11-15(20)17(22-13)24-19)12(2)26(25-18)14-7-5-4-6-8-14/h11,13-14H,3-10H2,1-2H3,(H2,21,22,23,24). The van der Waals surface area contributed by atoms with Crippen molar-refractivity contribution in [2.45, 2.75) is 70.9 Å². The Morgan fingerprint density at radius 3 is 2.85 bits per heavy atom. The van der Waals surface area contributed by atoms with Crippen molar-refractivity contribution in [2.75, 3.05) is 17.2 Å². The second-order valence-electron chi connectivity index (χ2n) is 7.40. The zero-order valence-corrected chi connectivity index (χ0v) is 16.7. The summed E-state index contributed by atoms with van der Waals surface area (Å²) >= 11 is 6.29. The van der Waals surface area contributed by atoms with Gasteiger partial charge in [-0.15, -0.1) is 5.10 Å². The number of fused-ring (bicyclic) bond motifs is 3. The molecule has 0 radical (unpaired) electrons. The summed E-state index contributed by atoms with van der Waals surface area (Å²) in [5.74, 6) is 1.78. The van der Waals surface area contributed by atoms with Gasteiger partial charge in [0.2, 0.25) is 5.95 Å². The molecule has 27 heavy (non-hydrogen) atoms. The molecule has 1 unspecified atom stereocenters. The van der Waals surface area contributed by atoms with Gasteiger partial charge in [-0.3, -0.25) is 4.68 Å². The first kappa shape index (κ1) is 18.3. The zero-order chi connectivity index (χ0) is 18.8. The van der Waals surface area contributed by atoms with Gasteiger partial charge in [0.25, 0.3) is 5.88 Å². The highest BCUT2D eigenvalue weighted by Gasteiger charge is 2.25. The molecule has 1 aliphatic carbocycles. The van der Waals surface area contributed by atoms with Crippen LogP contribution in [-0.2, 0) is 0 Å². The maximum Gasteiger partial charge on any atom is 0.257 e. The Morgan fingerprint density at radius 2 is 2.07 bits per heavy atom. The summed E-state index contributed by atoms with van der Waals surface area (Å²) in [7, 11) is 0. The maximum atomic E-state index is 6.29. The van der Waals surface area contributed by atoms with Gasteiger partial charge in [0.05, 0.1) is 24.5 Å². The quantitative estimate of drug-likeness (QED) is 0.762. The Morgan fingerprint density at radius 1 is 1.26 bits per heavy atom. The Hall–Kier alpha value is -2.02. The maximum absolute atomic E-state index is 6.29. The zero-order valence-electron chi connectivity index (χ0n) is 16.0. The molecule has 1 aliphatic heterocycles. The summed E-state index contributed by atoms with van der Waals surface area (Å²) < 4.78 is 8.22. The van der Waals surface area contributed by atoms with E-state index in [-0.39, 0.29) is 6.04 Å². The lowest BCUT2D eigenvalue weighted by molar-refractivity contribution is 0.274. The highest BCUT2D eigenvalue weighted by atomic mass is 35.5. The Balaban J connectivity index is 1.71. The number of nitrogens with zero attached hydrogens (tertiary/aromatic N) is 4. The van der Waals surface area contributed by atoms with Gasteiger partial charge in [-0.05, 0) is 26.2 Å². The minimum atomic E-state index is 0.230. The minimum Gasteiger partial charge on any atom is -0.475 e. The van der Waals surface area contributed by atoms with Crippen LogP contribution in [0.4, 0.5) is 17.5 Å². The molecule has 2 aliphatic rings. The fraction of sp³-hybridized carbons (Fsp3) is 0.632. The van der Waals surface area contributed by atoms with Gasteiger partial charge in [0.15, 0.2) is 5.82 Å². The number of hydrogen-bond acceptors (Lipinski definition) is 6. The lowest BCUT2D eigenvalue weighted by atomic mass is 9.95. The normalized spacial score (nSPS) is 20.6. The highest BCUT2D eigenvalue weighted by molar-refractivity contribution is 6.32. The second kappa shape index (κ2) is 7.92.